The molecule has 0 aromatic carbocycles. The van der Waals surface area contributed by atoms with Crippen molar-refractivity contribution in [3.05, 3.63) is 11.8 Å². The second-order valence-electron chi connectivity index (χ2n) is 5.02. The standard InChI is InChI=1S/C13H19N3O6S/c1-22-4-3-16(11-2-5-23(20,21)9-11)8-10(6-14)13(19)15-7-12(17)18/h8,11H,2-5,7,9H2,1H3,(H,15,19)(H,17,18)/b10-8-. The molecule has 1 fully saturated rings. The summed E-state index contributed by atoms with van der Waals surface area (Å²) in [5.41, 5.74) is -0.286. The largest absolute Gasteiger partial charge is 0.480 e. The van der Waals surface area contributed by atoms with E-state index in [9.17, 15) is 18.0 Å². The first-order chi connectivity index (χ1) is 10.8. The van der Waals surface area contributed by atoms with Crippen molar-refractivity contribution in [2.24, 2.45) is 0 Å². The molecular weight excluding hydrogens is 326 g/mol. The highest BCUT2D eigenvalue weighted by Crippen LogP contribution is 2.18. The Morgan fingerprint density at radius 1 is 1.52 bits per heavy atom. The predicted molar refractivity (Wildman–Crippen MR) is 80.0 cm³/mol. The summed E-state index contributed by atoms with van der Waals surface area (Å²) in [6.45, 7) is 0.00428. The topological polar surface area (TPSA) is 137 Å². The first kappa shape index (κ1) is 18.9. The lowest BCUT2D eigenvalue weighted by Crippen LogP contribution is -2.36. The fourth-order valence-electron chi connectivity index (χ4n) is 2.14. The third kappa shape index (κ3) is 6.25. The summed E-state index contributed by atoms with van der Waals surface area (Å²) in [5.74, 6) is -2.04. The molecule has 0 bridgehead atoms. The number of amides is 1. The Hall–Kier alpha value is -2.12. The van der Waals surface area contributed by atoms with E-state index >= 15 is 0 Å². The van der Waals surface area contributed by atoms with Gasteiger partial charge >= 0.3 is 5.97 Å². The van der Waals surface area contributed by atoms with Crippen LogP contribution in [0.4, 0.5) is 0 Å². The Kier molecular flexibility index (Phi) is 6.99. The van der Waals surface area contributed by atoms with E-state index in [4.69, 9.17) is 15.1 Å². The van der Waals surface area contributed by atoms with E-state index in [0.29, 0.717) is 19.6 Å². The highest BCUT2D eigenvalue weighted by Gasteiger charge is 2.31. The van der Waals surface area contributed by atoms with E-state index in [1.165, 1.54) is 13.3 Å². The number of carboxylic acid groups (broad SMARTS) is 1. The van der Waals surface area contributed by atoms with Gasteiger partial charge in [0.25, 0.3) is 5.91 Å². The predicted octanol–water partition coefficient (Wildman–Crippen LogP) is -1.27. The molecule has 1 rings (SSSR count). The van der Waals surface area contributed by atoms with Gasteiger partial charge in [-0.15, -0.1) is 0 Å². The average Bonchev–Trinajstić information content (AvgIpc) is 2.85. The minimum atomic E-state index is -3.12. The van der Waals surface area contributed by atoms with Gasteiger partial charge < -0.3 is 20.1 Å². The number of aliphatic carboxylic acids is 1. The number of rotatable bonds is 8. The summed E-state index contributed by atoms with van der Waals surface area (Å²) in [5, 5.41) is 19.7. The summed E-state index contributed by atoms with van der Waals surface area (Å²) in [7, 11) is -1.64. The van der Waals surface area contributed by atoms with Crippen LogP contribution in [0, 0.1) is 11.3 Å². The molecule has 0 aromatic rings. The molecule has 1 heterocycles. The molecule has 1 amide bonds. The van der Waals surface area contributed by atoms with Crippen LogP contribution in [-0.2, 0) is 24.2 Å². The average molecular weight is 345 g/mol. The van der Waals surface area contributed by atoms with Gasteiger partial charge in [0.05, 0.1) is 18.1 Å². The maximum absolute atomic E-state index is 11.8. The summed E-state index contributed by atoms with van der Waals surface area (Å²) >= 11 is 0. The summed E-state index contributed by atoms with van der Waals surface area (Å²) in [4.78, 5) is 23.8. The van der Waals surface area contributed by atoms with Gasteiger partial charge in [0.15, 0.2) is 9.84 Å². The van der Waals surface area contributed by atoms with Gasteiger partial charge in [-0.3, -0.25) is 9.59 Å². The molecule has 1 aliphatic heterocycles. The maximum Gasteiger partial charge on any atom is 0.322 e. The van der Waals surface area contributed by atoms with Crippen LogP contribution in [-0.4, -0.2) is 74.7 Å². The number of hydrogen-bond donors (Lipinski definition) is 2. The van der Waals surface area contributed by atoms with Crippen LogP contribution in [0.2, 0.25) is 0 Å². The van der Waals surface area contributed by atoms with Gasteiger partial charge in [0, 0.05) is 25.9 Å². The zero-order chi connectivity index (χ0) is 17.5. The second kappa shape index (κ2) is 8.50. The van der Waals surface area contributed by atoms with E-state index < -0.39 is 28.3 Å². The van der Waals surface area contributed by atoms with Gasteiger partial charge in [-0.2, -0.15) is 5.26 Å². The van der Waals surface area contributed by atoms with Crippen LogP contribution in [0.25, 0.3) is 0 Å². The van der Waals surface area contributed by atoms with Gasteiger partial charge in [0.2, 0.25) is 0 Å². The highest BCUT2D eigenvalue weighted by atomic mass is 32.2. The first-order valence-corrected chi connectivity index (χ1v) is 8.68. The lowest BCUT2D eigenvalue weighted by atomic mass is 10.2. The maximum atomic E-state index is 11.8. The Labute approximate surface area is 134 Å². The SMILES string of the molecule is COCCN(/C=C(/C#N)C(=O)NCC(=O)O)C1CCS(=O)(=O)C1. The van der Waals surface area contributed by atoms with Crippen LogP contribution in [0.1, 0.15) is 6.42 Å². The van der Waals surface area contributed by atoms with Crippen molar-refractivity contribution in [3.8, 4) is 6.07 Å². The van der Waals surface area contributed by atoms with Crippen molar-refractivity contribution in [2.75, 3.05) is 38.3 Å². The number of nitrogens with zero attached hydrogens (tertiary/aromatic N) is 2. The van der Waals surface area contributed by atoms with Crippen molar-refractivity contribution < 1.29 is 27.9 Å². The molecule has 0 aliphatic carbocycles. The monoisotopic (exact) mass is 345 g/mol. The normalized spacial score (nSPS) is 19.8. The fraction of sp³-hybridized carbons (Fsp3) is 0.615. The van der Waals surface area contributed by atoms with Crippen LogP contribution >= 0.6 is 0 Å². The van der Waals surface area contributed by atoms with E-state index in [1.807, 2.05) is 0 Å². The van der Waals surface area contributed by atoms with E-state index in [0.717, 1.165) is 0 Å². The summed E-state index contributed by atoms with van der Waals surface area (Å²) in [6, 6.07) is 1.36. The van der Waals surface area contributed by atoms with E-state index in [1.54, 1.807) is 11.0 Å². The van der Waals surface area contributed by atoms with Gasteiger partial charge in [0.1, 0.15) is 18.2 Å². The van der Waals surface area contributed by atoms with Crippen molar-refractivity contribution in [2.45, 2.75) is 12.5 Å². The molecule has 0 aromatic heterocycles. The smallest absolute Gasteiger partial charge is 0.322 e. The molecule has 1 saturated heterocycles. The molecule has 1 aliphatic rings. The number of sulfone groups is 1. The number of hydrogen-bond acceptors (Lipinski definition) is 7. The number of carbonyl (C=O) groups excluding carboxylic acids is 1. The van der Waals surface area contributed by atoms with Crippen LogP contribution < -0.4 is 5.32 Å². The first-order valence-electron chi connectivity index (χ1n) is 6.86. The van der Waals surface area contributed by atoms with Crippen LogP contribution in [0.5, 0.6) is 0 Å². The van der Waals surface area contributed by atoms with Gasteiger partial charge in [-0.1, -0.05) is 0 Å². The minimum Gasteiger partial charge on any atom is -0.480 e. The number of carbonyl (C=O) groups is 2. The summed E-state index contributed by atoms with van der Waals surface area (Å²) in [6.07, 6.45) is 1.67. The Bertz CT molecular complexity index is 622. The van der Waals surface area contributed by atoms with Crippen molar-refractivity contribution in [3.63, 3.8) is 0 Å². The minimum absolute atomic E-state index is 0.0529. The molecule has 10 heteroatoms. The summed E-state index contributed by atoms with van der Waals surface area (Å²) < 4.78 is 28.2. The molecule has 1 atom stereocenters. The fourth-order valence-corrected chi connectivity index (χ4v) is 3.88. The van der Waals surface area contributed by atoms with Crippen molar-refractivity contribution >= 4 is 21.7 Å². The molecule has 0 radical (unpaired) electrons. The van der Waals surface area contributed by atoms with Gasteiger partial charge in [-0.25, -0.2) is 8.42 Å². The number of ether oxygens (including phenoxy) is 1. The molecule has 0 spiro atoms. The molecule has 0 saturated carbocycles. The third-order valence-electron chi connectivity index (χ3n) is 3.29. The van der Waals surface area contributed by atoms with Crippen molar-refractivity contribution in [1.29, 1.82) is 5.26 Å². The molecule has 23 heavy (non-hydrogen) atoms. The lowest BCUT2D eigenvalue weighted by Gasteiger charge is -2.26. The number of methoxy groups -OCH3 is 1. The zero-order valence-corrected chi connectivity index (χ0v) is 13.5. The molecule has 9 nitrogen and oxygen atoms in total. The highest BCUT2D eigenvalue weighted by molar-refractivity contribution is 7.91. The van der Waals surface area contributed by atoms with Crippen molar-refractivity contribution in [1.82, 2.24) is 10.2 Å². The lowest BCUT2D eigenvalue weighted by molar-refractivity contribution is -0.137. The van der Waals surface area contributed by atoms with Crippen LogP contribution in [0.3, 0.4) is 0 Å². The van der Waals surface area contributed by atoms with E-state index in [2.05, 4.69) is 5.32 Å². The number of nitriles is 1. The Morgan fingerprint density at radius 3 is 2.70 bits per heavy atom. The molecule has 2 N–H and O–H groups in total. The molecule has 1 unspecified atom stereocenters. The quantitative estimate of drug-likeness (QED) is 0.410. The Morgan fingerprint density at radius 2 is 2.22 bits per heavy atom. The van der Waals surface area contributed by atoms with E-state index in [-0.39, 0.29) is 23.1 Å². The number of nitrogens with one attached hydrogen (secondary N) is 1. The second-order valence-corrected chi connectivity index (χ2v) is 7.25. The third-order valence-corrected chi connectivity index (χ3v) is 5.04. The zero-order valence-electron chi connectivity index (χ0n) is 12.7. The molecule has 128 valence electrons. The van der Waals surface area contributed by atoms with Crippen LogP contribution in [0.15, 0.2) is 11.8 Å². The Balaban J connectivity index is 2.89. The van der Waals surface area contributed by atoms with Gasteiger partial charge in [-0.05, 0) is 6.42 Å². The molecular formula is C13H19N3O6S. The number of carboxylic acids is 1.